The lowest BCUT2D eigenvalue weighted by atomic mass is 10.1. The van der Waals surface area contributed by atoms with E-state index in [2.05, 4.69) is 63.7 Å². The Morgan fingerprint density at radius 1 is 1.19 bits per heavy atom. The summed E-state index contributed by atoms with van der Waals surface area (Å²) in [6, 6.07) is 8.33. The Morgan fingerprint density at radius 2 is 1.94 bits per heavy atom. The molecule has 1 aromatic carbocycles. The number of rotatable bonds is 6. The van der Waals surface area contributed by atoms with Gasteiger partial charge in [0.25, 0.3) is 11.8 Å². The van der Waals surface area contributed by atoms with Crippen molar-refractivity contribution in [1.82, 2.24) is 20.1 Å². The average Bonchev–Trinajstić information content (AvgIpc) is 3.11. The fourth-order valence-electron chi connectivity index (χ4n) is 2.74. The predicted octanol–water partition coefficient (Wildman–Crippen LogP) is 5.20. The van der Waals surface area contributed by atoms with Gasteiger partial charge in [0.1, 0.15) is 5.69 Å². The summed E-state index contributed by atoms with van der Waals surface area (Å²) in [6.07, 6.45) is 3.26. The first kappa shape index (κ1) is 23.9. The fraction of sp³-hybridized carbons (Fsp3) is 0.105. The monoisotopic (exact) mass is 633 g/mol. The van der Waals surface area contributed by atoms with Gasteiger partial charge in [-0.25, -0.2) is 4.98 Å². The van der Waals surface area contributed by atoms with E-state index in [0.717, 1.165) is 5.01 Å². The molecule has 0 aliphatic rings. The number of pyridine rings is 1. The molecule has 162 valence electrons. The molecular formula is C19H15Br3ClN5O3. The maximum atomic E-state index is 13.2. The van der Waals surface area contributed by atoms with Crippen molar-refractivity contribution in [3.05, 3.63) is 72.4 Å². The van der Waals surface area contributed by atoms with Crippen LogP contribution in [-0.4, -0.2) is 40.5 Å². The van der Waals surface area contributed by atoms with Crippen molar-refractivity contribution in [2.45, 2.75) is 0 Å². The second-order valence-corrected chi connectivity index (χ2v) is 9.24. The van der Waals surface area contributed by atoms with E-state index in [4.69, 9.17) is 16.4 Å². The molecule has 0 radical (unpaired) electrons. The number of nitrogens with one attached hydrogen (secondary N) is 2. The van der Waals surface area contributed by atoms with E-state index in [1.807, 2.05) is 0 Å². The molecule has 0 aliphatic heterocycles. The van der Waals surface area contributed by atoms with Crippen LogP contribution in [0.25, 0.3) is 5.82 Å². The number of hydrogen-bond donors (Lipinski definition) is 2. The lowest BCUT2D eigenvalue weighted by molar-refractivity contribution is -0.0281. The summed E-state index contributed by atoms with van der Waals surface area (Å²) in [5.41, 5.74) is 3.23. The van der Waals surface area contributed by atoms with Gasteiger partial charge in [-0.2, -0.15) is 0 Å². The minimum Gasteiger partial charge on any atom is -0.319 e. The van der Waals surface area contributed by atoms with Crippen molar-refractivity contribution >= 4 is 76.9 Å². The van der Waals surface area contributed by atoms with Crippen molar-refractivity contribution in [2.75, 3.05) is 19.5 Å². The molecule has 8 nitrogen and oxygen atoms in total. The van der Waals surface area contributed by atoms with E-state index in [9.17, 15) is 9.59 Å². The van der Waals surface area contributed by atoms with E-state index >= 15 is 0 Å². The van der Waals surface area contributed by atoms with Gasteiger partial charge in [-0.3, -0.25) is 24.0 Å². The molecule has 31 heavy (non-hydrogen) atoms. The predicted molar refractivity (Wildman–Crippen MR) is 128 cm³/mol. The number of hydrogen-bond acceptors (Lipinski definition) is 5. The Hall–Kier alpha value is -1.76. The van der Waals surface area contributed by atoms with Crippen LogP contribution in [-0.2, 0) is 4.84 Å². The number of amides is 2. The summed E-state index contributed by atoms with van der Waals surface area (Å²) in [4.78, 5) is 35.1. The number of halogens is 4. The number of benzene rings is 1. The first-order valence-corrected chi connectivity index (χ1v) is 11.3. The summed E-state index contributed by atoms with van der Waals surface area (Å²) < 4.78 is 3.39. The van der Waals surface area contributed by atoms with Crippen LogP contribution in [0, 0.1) is 0 Å². The second-order valence-electron chi connectivity index (χ2n) is 6.15. The van der Waals surface area contributed by atoms with Gasteiger partial charge >= 0.3 is 0 Å². The summed E-state index contributed by atoms with van der Waals surface area (Å²) in [7, 11) is 2.88. The van der Waals surface area contributed by atoms with E-state index < -0.39 is 11.8 Å². The molecule has 0 bridgehead atoms. The maximum absolute atomic E-state index is 13.2. The minimum absolute atomic E-state index is 0.231. The van der Waals surface area contributed by atoms with Crippen LogP contribution in [0.5, 0.6) is 0 Å². The lowest BCUT2D eigenvalue weighted by Crippen LogP contribution is -2.39. The standard InChI is InChI=1S/C19H15Br3ClN5O3/c1-27(26-31-2)19(30)12-6-10(20)7-13(22)16(12)25-18(29)15-8-11(21)9-28(15)17-14(23)4-3-5-24-17/h3-9,26H,1-2H3,(H,25,29). The highest BCUT2D eigenvalue weighted by Gasteiger charge is 2.23. The van der Waals surface area contributed by atoms with Gasteiger partial charge in [0, 0.05) is 32.9 Å². The van der Waals surface area contributed by atoms with Crippen LogP contribution in [0.3, 0.4) is 0 Å². The molecule has 2 aromatic heterocycles. The number of anilines is 1. The summed E-state index contributed by atoms with van der Waals surface area (Å²) in [5.74, 6) is -0.495. The molecule has 2 amide bonds. The molecule has 2 heterocycles. The Morgan fingerprint density at radius 3 is 2.61 bits per heavy atom. The number of carbonyl (C=O) groups excluding carboxylic acids is 2. The number of nitrogens with zero attached hydrogens (tertiary/aromatic N) is 3. The Kier molecular flexibility index (Phi) is 7.89. The summed E-state index contributed by atoms with van der Waals surface area (Å²) >= 11 is 16.4. The van der Waals surface area contributed by atoms with E-state index in [1.54, 1.807) is 47.3 Å². The van der Waals surface area contributed by atoms with Crippen LogP contribution in [0.4, 0.5) is 5.69 Å². The van der Waals surface area contributed by atoms with Crippen LogP contribution in [0.15, 0.2) is 56.1 Å². The molecule has 2 N–H and O–H groups in total. The zero-order valence-corrected chi connectivity index (χ0v) is 21.6. The highest BCUT2D eigenvalue weighted by Crippen LogP contribution is 2.32. The van der Waals surface area contributed by atoms with Crippen LogP contribution in [0.2, 0.25) is 5.02 Å². The number of hydrazine groups is 1. The van der Waals surface area contributed by atoms with E-state index in [0.29, 0.717) is 29.9 Å². The molecule has 3 aromatic rings. The van der Waals surface area contributed by atoms with Crippen LogP contribution >= 0.6 is 59.4 Å². The summed E-state index contributed by atoms with van der Waals surface area (Å²) in [6.45, 7) is 0. The maximum Gasteiger partial charge on any atom is 0.272 e. The molecule has 3 rings (SSSR count). The van der Waals surface area contributed by atoms with Gasteiger partial charge < -0.3 is 5.32 Å². The Balaban J connectivity index is 2.02. The number of carbonyl (C=O) groups is 2. The molecule has 0 unspecified atom stereocenters. The topological polar surface area (TPSA) is 88.5 Å². The Labute approximate surface area is 208 Å². The molecule has 0 fully saturated rings. The van der Waals surface area contributed by atoms with E-state index in [1.165, 1.54) is 14.2 Å². The van der Waals surface area contributed by atoms with Gasteiger partial charge in [0.2, 0.25) is 0 Å². The third-order valence-corrected chi connectivity index (χ3v) is 5.86. The molecule has 0 atom stereocenters. The van der Waals surface area contributed by atoms with Crippen molar-refractivity contribution < 1.29 is 14.4 Å². The normalized spacial score (nSPS) is 10.8. The first-order valence-electron chi connectivity index (χ1n) is 8.58. The van der Waals surface area contributed by atoms with Crippen LogP contribution in [0.1, 0.15) is 20.8 Å². The largest absolute Gasteiger partial charge is 0.319 e. The van der Waals surface area contributed by atoms with Crippen molar-refractivity contribution in [2.24, 2.45) is 0 Å². The highest BCUT2D eigenvalue weighted by atomic mass is 79.9. The third kappa shape index (κ3) is 5.36. The molecule has 0 saturated heterocycles. The molecular weight excluding hydrogens is 621 g/mol. The van der Waals surface area contributed by atoms with E-state index in [-0.39, 0.29) is 11.3 Å². The van der Waals surface area contributed by atoms with Crippen molar-refractivity contribution in [3.8, 4) is 5.82 Å². The zero-order chi connectivity index (χ0) is 22.7. The average molecular weight is 637 g/mol. The summed E-state index contributed by atoms with van der Waals surface area (Å²) in [5, 5.41) is 4.34. The zero-order valence-electron chi connectivity index (χ0n) is 16.1. The van der Waals surface area contributed by atoms with Crippen molar-refractivity contribution in [3.63, 3.8) is 0 Å². The van der Waals surface area contributed by atoms with Crippen molar-refractivity contribution in [1.29, 1.82) is 0 Å². The lowest BCUT2D eigenvalue weighted by Gasteiger charge is -2.20. The van der Waals surface area contributed by atoms with Gasteiger partial charge in [-0.1, -0.05) is 27.5 Å². The van der Waals surface area contributed by atoms with Gasteiger partial charge in [-0.05, 0) is 62.2 Å². The number of aromatic nitrogens is 2. The second kappa shape index (κ2) is 10.2. The minimum atomic E-state index is -0.466. The fourth-order valence-corrected chi connectivity index (χ4v) is 4.70. The van der Waals surface area contributed by atoms with Gasteiger partial charge in [-0.15, -0.1) is 5.59 Å². The van der Waals surface area contributed by atoms with Crippen LogP contribution < -0.4 is 10.9 Å². The highest BCUT2D eigenvalue weighted by molar-refractivity contribution is 9.11. The third-order valence-electron chi connectivity index (χ3n) is 4.04. The van der Waals surface area contributed by atoms with Gasteiger partial charge in [0.05, 0.1) is 23.4 Å². The first-order chi connectivity index (χ1) is 14.7. The molecule has 0 spiro atoms. The molecule has 12 heteroatoms. The molecule has 0 aliphatic carbocycles. The molecule has 0 saturated carbocycles. The van der Waals surface area contributed by atoms with Gasteiger partial charge in [0.15, 0.2) is 5.82 Å². The quantitative estimate of drug-likeness (QED) is 0.364. The smallest absolute Gasteiger partial charge is 0.272 e. The Bertz CT molecular complexity index is 1150. The SMILES string of the molecule is CONN(C)C(=O)c1cc(Br)cc(Br)c1NC(=O)c1cc(Br)cn1-c1ncccc1Cl.